The normalized spacial score (nSPS) is 7.18. The third-order valence-electron chi connectivity index (χ3n) is 1.29. The van der Waals surface area contributed by atoms with Crippen LogP contribution in [0, 0.1) is 12.8 Å². The number of hydrogen-bond acceptors (Lipinski definition) is 0. The fourth-order valence-electron chi connectivity index (χ4n) is 0.577. The molecule has 0 aliphatic rings. The monoisotopic (exact) mass is 150 g/mol. The van der Waals surface area contributed by atoms with E-state index in [1.807, 2.05) is 0 Å². The molecule has 0 aromatic rings. The second-order valence-electron chi connectivity index (χ2n) is 2.90. The molecule has 0 unspecified atom stereocenters. The van der Waals surface area contributed by atoms with E-state index in [2.05, 4.69) is 53.5 Å². The maximum absolute atomic E-state index is 4.00. The molecular formula is C11H18. The summed E-state index contributed by atoms with van der Waals surface area (Å²) in [6.45, 7) is 10.6. The molecule has 0 aromatic heterocycles. The van der Waals surface area contributed by atoms with Crippen LogP contribution in [0.2, 0.25) is 0 Å². The Bertz CT molecular complexity index is 169. The Morgan fingerprint density at radius 1 is 0.909 bits per heavy atom. The van der Waals surface area contributed by atoms with Gasteiger partial charge in [-0.2, -0.15) is 0 Å². The van der Waals surface area contributed by atoms with Gasteiger partial charge in [-0.05, 0) is 34.6 Å². The van der Waals surface area contributed by atoms with Crippen molar-refractivity contribution in [2.75, 3.05) is 0 Å². The molecule has 0 nitrogen and oxygen atoms in total. The molecule has 0 atom stereocenters. The van der Waals surface area contributed by atoms with Crippen molar-refractivity contribution in [3.05, 3.63) is 22.8 Å². The van der Waals surface area contributed by atoms with Crippen molar-refractivity contribution in [2.45, 2.75) is 34.6 Å². The van der Waals surface area contributed by atoms with Gasteiger partial charge in [0.1, 0.15) is 0 Å². The molecule has 0 amide bonds. The summed E-state index contributed by atoms with van der Waals surface area (Å²) in [6, 6.07) is 0. The molecule has 11 heavy (non-hydrogen) atoms. The van der Waals surface area contributed by atoms with Crippen molar-refractivity contribution < 1.29 is 0 Å². The Morgan fingerprint density at radius 2 is 1.27 bits per heavy atom. The summed E-state index contributed by atoms with van der Waals surface area (Å²) >= 11 is 0. The predicted octanol–water partition coefficient (Wildman–Crippen LogP) is 3.56. The number of hydrogen-bond donors (Lipinski definition) is 0. The second kappa shape index (κ2) is 7.15. The lowest BCUT2D eigenvalue weighted by atomic mass is 10.1. The van der Waals surface area contributed by atoms with Crippen molar-refractivity contribution in [1.82, 2.24) is 0 Å². The molecular weight excluding hydrogens is 132 g/mol. The first-order valence-corrected chi connectivity index (χ1v) is 3.66. The molecule has 62 valence electrons. The fraction of sp³-hybridized carbons (Fsp3) is 0.455. The minimum Gasteiger partial charge on any atom is -0.124 e. The lowest BCUT2D eigenvalue weighted by Gasteiger charge is -1.95. The van der Waals surface area contributed by atoms with E-state index in [-0.39, 0.29) is 0 Å². The zero-order valence-electron chi connectivity index (χ0n) is 8.23. The summed E-state index contributed by atoms with van der Waals surface area (Å²) in [5.74, 6) is 0. The molecule has 0 rings (SSSR count). The van der Waals surface area contributed by atoms with Crippen LogP contribution in [0.1, 0.15) is 34.6 Å². The first-order chi connectivity index (χ1) is 5.04. The highest BCUT2D eigenvalue weighted by atomic mass is 13.9. The Balaban J connectivity index is 0. The van der Waals surface area contributed by atoms with Gasteiger partial charge in [0.05, 0.1) is 0 Å². The van der Waals surface area contributed by atoms with E-state index in [1.54, 1.807) is 0 Å². The van der Waals surface area contributed by atoms with Gasteiger partial charge in [0.15, 0.2) is 0 Å². The highest BCUT2D eigenvalue weighted by Crippen LogP contribution is 2.05. The highest BCUT2D eigenvalue weighted by Gasteiger charge is 1.84. The summed E-state index contributed by atoms with van der Waals surface area (Å²) in [4.78, 5) is 0. The molecule has 0 heterocycles. The van der Waals surface area contributed by atoms with Crippen molar-refractivity contribution in [3.8, 4) is 12.8 Å². The lowest BCUT2D eigenvalue weighted by molar-refractivity contribution is 1.26. The van der Waals surface area contributed by atoms with Gasteiger partial charge in [-0.1, -0.05) is 22.8 Å². The molecule has 0 fully saturated rings. The van der Waals surface area contributed by atoms with Crippen LogP contribution in [0.3, 0.4) is 0 Å². The smallest absolute Gasteiger partial charge is 0.0398 e. The summed E-state index contributed by atoms with van der Waals surface area (Å²) in [6.07, 6.45) is 10.2. The summed E-state index contributed by atoms with van der Waals surface area (Å²) < 4.78 is 0. The van der Waals surface area contributed by atoms with E-state index in [0.717, 1.165) is 0 Å². The predicted molar refractivity (Wildman–Crippen MR) is 53.4 cm³/mol. The molecule has 0 aliphatic heterocycles. The topological polar surface area (TPSA) is 0 Å². The summed E-state index contributed by atoms with van der Waals surface area (Å²) in [5.41, 5.74) is 4.15. The molecule has 0 radical (unpaired) electrons. The maximum atomic E-state index is 4.00. The molecule has 0 N–H and O–H groups in total. The van der Waals surface area contributed by atoms with Gasteiger partial charge in [0.25, 0.3) is 0 Å². The number of allylic oxidation sites excluding steroid dienone is 4. The van der Waals surface area contributed by atoms with Gasteiger partial charge in [-0.3, -0.25) is 0 Å². The zero-order valence-corrected chi connectivity index (χ0v) is 8.23. The van der Waals surface area contributed by atoms with Gasteiger partial charge in [-0.15, -0.1) is 12.8 Å². The van der Waals surface area contributed by atoms with E-state index < -0.39 is 0 Å². The van der Waals surface area contributed by atoms with Crippen LogP contribution in [0.25, 0.3) is 0 Å². The van der Waals surface area contributed by atoms with E-state index in [9.17, 15) is 0 Å². The molecule has 0 saturated heterocycles. The van der Waals surface area contributed by atoms with Crippen LogP contribution in [0.15, 0.2) is 22.8 Å². The number of terminal acetylenes is 1. The van der Waals surface area contributed by atoms with Gasteiger partial charge in [0.2, 0.25) is 0 Å². The molecule has 0 heteroatoms. The largest absolute Gasteiger partial charge is 0.124 e. The first-order valence-electron chi connectivity index (χ1n) is 3.66. The van der Waals surface area contributed by atoms with Gasteiger partial charge in [0, 0.05) is 0 Å². The van der Waals surface area contributed by atoms with Crippen LogP contribution in [0.4, 0.5) is 0 Å². The second-order valence-corrected chi connectivity index (χ2v) is 2.90. The van der Waals surface area contributed by atoms with Crippen LogP contribution >= 0.6 is 0 Å². The van der Waals surface area contributed by atoms with E-state index >= 15 is 0 Å². The Labute approximate surface area is 71.0 Å². The summed E-state index contributed by atoms with van der Waals surface area (Å²) in [5, 5.41) is 0. The van der Waals surface area contributed by atoms with Crippen molar-refractivity contribution >= 4 is 0 Å². The Kier molecular flexibility index (Phi) is 8.25. The molecule has 0 bridgehead atoms. The fourth-order valence-corrected chi connectivity index (χ4v) is 0.577. The minimum atomic E-state index is 1.37. The summed E-state index contributed by atoms with van der Waals surface area (Å²) in [7, 11) is 0. The van der Waals surface area contributed by atoms with E-state index in [0.29, 0.717) is 0 Å². The Morgan fingerprint density at radius 3 is 1.36 bits per heavy atom. The van der Waals surface area contributed by atoms with Crippen LogP contribution in [0.5, 0.6) is 0 Å². The molecule has 0 aromatic carbocycles. The third-order valence-corrected chi connectivity index (χ3v) is 1.29. The quantitative estimate of drug-likeness (QED) is 0.396. The van der Waals surface area contributed by atoms with Crippen molar-refractivity contribution in [1.29, 1.82) is 0 Å². The average molecular weight is 150 g/mol. The van der Waals surface area contributed by atoms with E-state index in [4.69, 9.17) is 0 Å². The standard InChI is InChI=1S/C9H16.C2H2/c1-7(2)6-9(5)8(3)4;1-2/h6H,1-5H3;1-2H. The third kappa shape index (κ3) is 9.04. The maximum Gasteiger partial charge on any atom is -0.0398 e. The van der Waals surface area contributed by atoms with Crippen LogP contribution < -0.4 is 0 Å². The highest BCUT2D eigenvalue weighted by molar-refractivity contribution is 5.23. The molecule has 0 spiro atoms. The van der Waals surface area contributed by atoms with Gasteiger partial charge >= 0.3 is 0 Å². The molecule has 0 aliphatic carbocycles. The van der Waals surface area contributed by atoms with Gasteiger partial charge < -0.3 is 0 Å². The Hall–Kier alpha value is -0.960. The van der Waals surface area contributed by atoms with Crippen LogP contribution in [-0.4, -0.2) is 0 Å². The minimum absolute atomic E-state index is 1.37. The average Bonchev–Trinajstić information content (AvgIpc) is 1.90. The van der Waals surface area contributed by atoms with Crippen LogP contribution in [-0.2, 0) is 0 Å². The van der Waals surface area contributed by atoms with E-state index in [1.165, 1.54) is 16.7 Å². The van der Waals surface area contributed by atoms with Crippen molar-refractivity contribution in [2.24, 2.45) is 0 Å². The van der Waals surface area contributed by atoms with Crippen molar-refractivity contribution in [3.63, 3.8) is 0 Å². The lowest BCUT2D eigenvalue weighted by Crippen LogP contribution is -1.74. The zero-order chi connectivity index (χ0) is 9.44. The SMILES string of the molecule is C#C.CC(C)=CC(C)=C(C)C. The molecule has 0 saturated carbocycles. The number of rotatable bonds is 1. The first kappa shape index (κ1) is 12.7. The van der Waals surface area contributed by atoms with Gasteiger partial charge in [-0.25, -0.2) is 0 Å².